The summed E-state index contributed by atoms with van der Waals surface area (Å²) in [6.07, 6.45) is 9.16. The van der Waals surface area contributed by atoms with E-state index in [1.807, 2.05) is 12.1 Å². The van der Waals surface area contributed by atoms with Crippen LogP contribution in [-0.4, -0.2) is 73.0 Å². The van der Waals surface area contributed by atoms with Crippen LogP contribution >= 0.6 is 0 Å². The van der Waals surface area contributed by atoms with E-state index in [1.165, 1.54) is 6.42 Å². The van der Waals surface area contributed by atoms with Gasteiger partial charge in [-0.25, -0.2) is 8.42 Å². The number of hydrogen-bond donors (Lipinski definition) is 2. The normalized spacial score (nSPS) is 26.9. The van der Waals surface area contributed by atoms with Gasteiger partial charge in [-0.15, -0.1) is 0 Å². The van der Waals surface area contributed by atoms with Gasteiger partial charge >= 0.3 is 0 Å². The van der Waals surface area contributed by atoms with E-state index in [9.17, 15) is 22.8 Å². The van der Waals surface area contributed by atoms with Gasteiger partial charge in [0.2, 0.25) is 11.8 Å². The number of fused-ring (bicyclic) bond motifs is 1. The molecule has 3 aliphatic heterocycles. The van der Waals surface area contributed by atoms with Crippen LogP contribution in [0, 0.1) is 11.8 Å². The van der Waals surface area contributed by atoms with Crippen LogP contribution < -0.4 is 10.1 Å². The van der Waals surface area contributed by atoms with Crippen LogP contribution in [0.2, 0.25) is 0 Å². The lowest BCUT2D eigenvalue weighted by Crippen LogP contribution is -2.59. The van der Waals surface area contributed by atoms with Crippen molar-refractivity contribution in [2.24, 2.45) is 11.8 Å². The van der Waals surface area contributed by atoms with Crippen LogP contribution in [0.15, 0.2) is 18.2 Å². The Hall–Kier alpha value is -2.46. The summed E-state index contributed by atoms with van der Waals surface area (Å²) >= 11 is 0. The van der Waals surface area contributed by atoms with Gasteiger partial charge in [-0.05, 0) is 74.1 Å². The minimum Gasteiger partial charge on any atom is -0.489 e. The number of rotatable bonds is 11. The fourth-order valence-electron chi connectivity index (χ4n) is 7.02. The third-order valence-electron chi connectivity index (χ3n) is 9.10. The molecule has 0 aromatic heterocycles. The van der Waals surface area contributed by atoms with Gasteiger partial charge in [0, 0.05) is 43.4 Å². The summed E-state index contributed by atoms with van der Waals surface area (Å²) in [5.41, 5.74) is 1.46. The monoisotopic (exact) mass is 559 g/mol. The van der Waals surface area contributed by atoms with Gasteiger partial charge in [0.1, 0.15) is 28.6 Å². The van der Waals surface area contributed by atoms with Gasteiger partial charge in [0.15, 0.2) is 0 Å². The Labute approximate surface area is 232 Å². The molecule has 9 nitrogen and oxygen atoms in total. The molecule has 4 atom stereocenters. The molecular formula is C29H41N3O6S. The highest BCUT2D eigenvalue weighted by atomic mass is 32.2. The minimum absolute atomic E-state index is 0.0928. The van der Waals surface area contributed by atoms with Gasteiger partial charge in [0.05, 0.1) is 0 Å². The first-order valence-corrected chi connectivity index (χ1v) is 16.0. The van der Waals surface area contributed by atoms with Crippen molar-refractivity contribution in [1.82, 2.24) is 15.1 Å². The van der Waals surface area contributed by atoms with E-state index in [0.717, 1.165) is 69.3 Å². The molecule has 4 unspecified atom stereocenters. The predicted octanol–water partition coefficient (Wildman–Crippen LogP) is 2.88. The van der Waals surface area contributed by atoms with E-state index in [4.69, 9.17) is 4.74 Å². The first-order chi connectivity index (χ1) is 18.8. The van der Waals surface area contributed by atoms with Crippen molar-refractivity contribution in [3.63, 3.8) is 0 Å². The maximum Gasteiger partial charge on any atom is 0.255 e. The number of nitrogens with one attached hydrogen (secondary N) is 1. The lowest BCUT2D eigenvalue weighted by molar-refractivity contribution is -0.136. The number of ether oxygens (including phenoxy) is 1. The largest absolute Gasteiger partial charge is 0.489 e. The topological polar surface area (TPSA) is 113 Å². The molecule has 1 saturated carbocycles. The summed E-state index contributed by atoms with van der Waals surface area (Å²) in [5, 5.41) is 2.35. The lowest BCUT2D eigenvalue weighted by atomic mass is 9.78. The molecule has 0 radical (unpaired) electrons. The van der Waals surface area contributed by atoms with Crippen LogP contribution in [0.5, 0.6) is 5.75 Å². The van der Waals surface area contributed by atoms with E-state index in [0.29, 0.717) is 42.2 Å². The average molecular weight is 560 g/mol. The quantitative estimate of drug-likeness (QED) is 0.317. The molecule has 5 rings (SSSR count). The Balaban J connectivity index is 1.19. The maximum absolute atomic E-state index is 13.0. The summed E-state index contributed by atoms with van der Waals surface area (Å²) in [4.78, 5) is 41.0. The second-order valence-corrected chi connectivity index (χ2v) is 12.8. The zero-order valence-electron chi connectivity index (χ0n) is 22.8. The molecular weight excluding hydrogens is 518 g/mol. The molecule has 1 aliphatic carbocycles. The highest BCUT2D eigenvalue weighted by Crippen LogP contribution is 2.37. The zero-order chi connectivity index (χ0) is 27.5. The van der Waals surface area contributed by atoms with Gasteiger partial charge in [-0.2, -0.15) is 0 Å². The molecule has 3 amide bonds. The highest BCUT2D eigenvalue weighted by Gasteiger charge is 2.42. The fraction of sp³-hybridized carbons (Fsp3) is 0.690. The third kappa shape index (κ3) is 6.32. The van der Waals surface area contributed by atoms with Crippen LogP contribution in [0.4, 0.5) is 0 Å². The SMILES string of the molecule is CCCC(CCC[SH](=O)=O)C1CN(C2CCCCC2Oc2ccc3c(c2)CN(C2CCC(=O)NC2=O)C3=O)C1. The molecule has 39 heavy (non-hydrogen) atoms. The predicted molar refractivity (Wildman–Crippen MR) is 147 cm³/mol. The molecule has 0 spiro atoms. The highest BCUT2D eigenvalue weighted by molar-refractivity contribution is 7.72. The number of nitrogens with zero attached hydrogens (tertiary/aromatic N) is 2. The summed E-state index contributed by atoms with van der Waals surface area (Å²) < 4.78 is 28.6. The summed E-state index contributed by atoms with van der Waals surface area (Å²) in [6.45, 7) is 4.66. The Morgan fingerprint density at radius 1 is 1.08 bits per heavy atom. The first kappa shape index (κ1) is 28.1. The second kappa shape index (κ2) is 12.4. The van der Waals surface area contributed by atoms with Crippen LogP contribution in [0.25, 0.3) is 0 Å². The van der Waals surface area contributed by atoms with Crippen LogP contribution in [0.1, 0.15) is 87.1 Å². The average Bonchev–Trinajstić information content (AvgIpc) is 3.19. The van der Waals surface area contributed by atoms with E-state index in [-0.39, 0.29) is 24.3 Å². The van der Waals surface area contributed by atoms with Crippen molar-refractivity contribution < 1.29 is 27.5 Å². The van der Waals surface area contributed by atoms with Gasteiger partial charge < -0.3 is 9.64 Å². The smallest absolute Gasteiger partial charge is 0.255 e. The number of carbonyl (C=O) groups is 3. The van der Waals surface area contributed by atoms with Crippen molar-refractivity contribution in [3.8, 4) is 5.75 Å². The Kier molecular flexibility index (Phi) is 8.91. The van der Waals surface area contributed by atoms with Crippen molar-refractivity contribution in [3.05, 3.63) is 29.3 Å². The number of likely N-dealkylation sites (tertiary alicyclic amines) is 1. The molecule has 2 saturated heterocycles. The lowest BCUT2D eigenvalue weighted by Gasteiger charge is -2.50. The van der Waals surface area contributed by atoms with Crippen molar-refractivity contribution in [2.45, 2.75) is 95.9 Å². The van der Waals surface area contributed by atoms with Gasteiger partial charge in [-0.3, -0.25) is 24.6 Å². The molecule has 10 heteroatoms. The van der Waals surface area contributed by atoms with E-state index < -0.39 is 22.7 Å². The van der Waals surface area contributed by atoms with Crippen LogP contribution in [0.3, 0.4) is 0 Å². The van der Waals surface area contributed by atoms with Crippen LogP contribution in [-0.2, 0) is 26.8 Å². The van der Waals surface area contributed by atoms with E-state index in [1.54, 1.807) is 11.0 Å². The minimum atomic E-state index is -2.29. The molecule has 1 N–H and O–H groups in total. The molecule has 4 aliphatic rings. The number of imide groups is 1. The number of piperidine rings is 1. The number of hydrogen-bond acceptors (Lipinski definition) is 7. The molecule has 3 fully saturated rings. The number of benzene rings is 1. The number of amides is 3. The number of carbonyl (C=O) groups excluding carboxylic acids is 3. The first-order valence-electron chi connectivity index (χ1n) is 14.6. The van der Waals surface area contributed by atoms with Gasteiger partial charge in [-0.1, -0.05) is 26.2 Å². The molecule has 1 aromatic carbocycles. The standard InChI is InChI=1S/C29H41N3O6S/c1-2-6-19(7-5-14-39(36)37)21-16-31(17-21)24-8-3-4-9-26(24)38-22-10-11-23-20(15-22)18-32(29(23)35)25-12-13-27(33)30-28(25)34/h10-11,15,19,21,24-26,39H,2-9,12-14,16-18H2,1H3,(H,30,33,34). The molecule has 214 valence electrons. The summed E-state index contributed by atoms with van der Waals surface area (Å²) in [6, 6.07) is 5.37. The summed E-state index contributed by atoms with van der Waals surface area (Å²) in [5.74, 6) is 1.41. The van der Waals surface area contributed by atoms with Crippen molar-refractivity contribution >= 4 is 28.4 Å². The second-order valence-electron chi connectivity index (χ2n) is 11.7. The van der Waals surface area contributed by atoms with Gasteiger partial charge in [0.25, 0.3) is 5.91 Å². The Bertz CT molecular complexity index is 1160. The number of thiol groups is 1. The maximum atomic E-state index is 13.0. The Morgan fingerprint density at radius 3 is 2.62 bits per heavy atom. The molecule has 1 aromatic rings. The fourth-order valence-corrected chi connectivity index (χ4v) is 7.46. The summed E-state index contributed by atoms with van der Waals surface area (Å²) in [7, 11) is -2.29. The van der Waals surface area contributed by atoms with E-state index >= 15 is 0 Å². The van der Waals surface area contributed by atoms with Crippen molar-refractivity contribution in [1.29, 1.82) is 0 Å². The van der Waals surface area contributed by atoms with E-state index in [2.05, 4.69) is 17.1 Å². The van der Waals surface area contributed by atoms with Crippen molar-refractivity contribution in [2.75, 3.05) is 18.8 Å². The molecule has 3 heterocycles. The zero-order valence-corrected chi connectivity index (χ0v) is 23.7. The molecule has 0 bridgehead atoms. The Morgan fingerprint density at radius 2 is 1.87 bits per heavy atom. The third-order valence-corrected chi connectivity index (χ3v) is 9.78.